The van der Waals surface area contributed by atoms with E-state index in [4.69, 9.17) is 4.74 Å². The van der Waals surface area contributed by atoms with Crippen molar-refractivity contribution >= 4 is 33.7 Å². The minimum atomic E-state index is -0.948. The molecule has 0 radical (unpaired) electrons. The first-order chi connectivity index (χ1) is 15.4. The number of H-pyrrole nitrogens is 1. The Morgan fingerprint density at radius 3 is 2.56 bits per heavy atom. The zero-order chi connectivity index (χ0) is 22.8. The topological polar surface area (TPSA) is 82.6 Å². The number of carbonyl (C=O) groups is 2. The lowest BCUT2D eigenvalue weighted by atomic mass is 9.86. The molecule has 1 aromatic heterocycles. The lowest BCUT2D eigenvalue weighted by Crippen LogP contribution is -2.55. The Bertz CT molecular complexity index is 1110. The van der Waals surface area contributed by atoms with Gasteiger partial charge in [-0.05, 0) is 17.2 Å². The molecule has 0 aliphatic carbocycles. The molecule has 0 fully saturated rings. The van der Waals surface area contributed by atoms with Gasteiger partial charge in [0.25, 0.3) is 0 Å². The number of para-hydroxylation sites is 1. The van der Waals surface area contributed by atoms with Gasteiger partial charge in [0.2, 0.25) is 0 Å². The Labute approximate surface area is 192 Å². The van der Waals surface area contributed by atoms with E-state index >= 15 is 0 Å². The Kier molecular flexibility index (Phi) is 6.69. The third kappa shape index (κ3) is 4.20. The number of nitrogens with zero attached hydrogens (tertiary/aromatic N) is 1. The van der Waals surface area contributed by atoms with E-state index in [2.05, 4.69) is 11.1 Å². The average Bonchev–Trinajstić information content (AvgIpc) is 3.19. The summed E-state index contributed by atoms with van der Waals surface area (Å²) in [6, 6.07) is 16.9. The molecular formula is C25H28N2O4S. The van der Waals surface area contributed by atoms with Crippen LogP contribution in [-0.2, 0) is 20.7 Å². The zero-order valence-corrected chi connectivity index (χ0v) is 19.3. The summed E-state index contributed by atoms with van der Waals surface area (Å²) in [5.74, 6) is -0.164. The Balaban J connectivity index is 1.87. The molecule has 2 aromatic carbocycles. The van der Waals surface area contributed by atoms with Crippen LogP contribution in [0.1, 0.15) is 36.7 Å². The molecule has 0 saturated carbocycles. The second kappa shape index (κ2) is 9.48. The maximum absolute atomic E-state index is 13.0. The summed E-state index contributed by atoms with van der Waals surface area (Å²) in [6.45, 7) is 3.42. The highest BCUT2D eigenvalue weighted by Crippen LogP contribution is 2.43. The van der Waals surface area contributed by atoms with Crippen LogP contribution in [0.5, 0.6) is 0 Å². The number of esters is 1. The van der Waals surface area contributed by atoms with Gasteiger partial charge in [-0.25, -0.2) is 0 Å². The van der Waals surface area contributed by atoms with Gasteiger partial charge >= 0.3 is 5.97 Å². The van der Waals surface area contributed by atoms with Crippen molar-refractivity contribution in [3.05, 3.63) is 71.4 Å². The molecule has 7 heteroatoms. The Morgan fingerprint density at radius 1 is 1.19 bits per heavy atom. The SMILES string of the molecule is COC(=O)C1Cc2c([nH]c3ccccc23)C(c2ccccc2)N1C(O)C(C)CSC(C)=O. The van der Waals surface area contributed by atoms with Crippen molar-refractivity contribution in [1.29, 1.82) is 0 Å². The molecule has 0 amide bonds. The molecule has 3 aromatic rings. The molecule has 32 heavy (non-hydrogen) atoms. The van der Waals surface area contributed by atoms with Gasteiger partial charge in [0.1, 0.15) is 12.3 Å². The number of fused-ring (bicyclic) bond motifs is 3. The van der Waals surface area contributed by atoms with Gasteiger partial charge < -0.3 is 14.8 Å². The summed E-state index contributed by atoms with van der Waals surface area (Å²) in [6.07, 6.45) is -0.519. The van der Waals surface area contributed by atoms with Crippen LogP contribution in [-0.4, -0.2) is 51.2 Å². The molecular weight excluding hydrogens is 424 g/mol. The van der Waals surface area contributed by atoms with Crippen LogP contribution in [0, 0.1) is 5.92 Å². The van der Waals surface area contributed by atoms with E-state index in [1.165, 1.54) is 25.8 Å². The van der Waals surface area contributed by atoms with Gasteiger partial charge in [-0.2, -0.15) is 0 Å². The van der Waals surface area contributed by atoms with Gasteiger partial charge in [0.05, 0.1) is 13.2 Å². The van der Waals surface area contributed by atoms with Crippen LogP contribution in [0.2, 0.25) is 0 Å². The standard InChI is InChI=1S/C25H28N2O4S/c1-15(14-32-16(2)28)24(29)27-21(25(30)31-3)13-19-18-11-7-8-12-20(18)26-22(19)23(27)17-9-5-4-6-10-17/h4-12,15,21,23-24,26,29H,13-14H2,1-3H3. The van der Waals surface area contributed by atoms with Crippen molar-refractivity contribution in [3.63, 3.8) is 0 Å². The fourth-order valence-corrected chi connectivity index (χ4v) is 5.25. The normalized spacial score (nSPS) is 20.5. The van der Waals surface area contributed by atoms with Gasteiger partial charge in [0, 0.05) is 41.6 Å². The summed E-state index contributed by atoms with van der Waals surface area (Å²) < 4.78 is 5.17. The second-order valence-electron chi connectivity index (χ2n) is 8.26. The number of hydrogen-bond donors (Lipinski definition) is 2. The molecule has 4 atom stereocenters. The summed E-state index contributed by atoms with van der Waals surface area (Å²) in [7, 11) is 1.38. The molecule has 0 saturated heterocycles. The van der Waals surface area contributed by atoms with E-state index in [-0.39, 0.29) is 23.0 Å². The van der Waals surface area contributed by atoms with E-state index in [9.17, 15) is 14.7 Å². The largest absolute Gasteiger partial charge is 0.468 e. The molecule has 2 N–H and O–H groups in total. The van der Waals surface area contributed by atoms with Gasteiger partial charge in [-0.1, -0.05) is 67.2 Å². The number of aromatic amines is 1. The predicted octanol–water partition coefficient (Wildman–Crippen LogP) is 3.89. The number of rotatable bonds is 6. The van der Waals surface area contributed by atoms with Crippen molar-refractivity contribution < 1.29 is 19.4 Å². The first kappa shape index (κ1) is 22.6. The van der Waals surface area contributed by atoms with E-state index in [1.54, 1.807) is 0 Å². The summed E-state index contributed by atoms with van der Waals surface area (Å²) in [5, 5.41) is 12.6. The first-order valence-corrected chi connectivity index (χ1v) is 11.7. The molecule has 168 valence electrons. The van der Waals surface area contributed by atoms with Crippen molar-refractivity contribution in [2.24, 2.45) is 5.92 Å². The lowest BCUT2D eigenvalue weighted by molar-refractivity contribution is -0.157. The molecule has 0 bridgehead atoms. The van der Waals surface area contributed by atoms with E-state index in [1.807, 2.05) is 60.4 Å². The van der Waals surface area contributed by atoms with Crippen molar-refractivity contribution in [2.45, 2.75) is 38.6 Å². The maximum atomic E-state index is 13.0. The highest BCUT2D eigenvalue weighted by atomic mass is 32.2. The number of benzene rings is 2. The third-order valence-electron chi connectivity index (χ3n) is 6.13. The lowest BCUT2D eigenvalue weighted by Gasteiger charge is -2.45. The van der Waals surface area contributed by atoms with Crippen LogP contribution in [0.3, 0.4) is 0 Å². The summed E-state index contributed by atoms with van der Waals surface area (Å²) in [4.78, 5) is 29.9. The number of methoxy groups -OCH3 is 1. The molecule has 4 unspecified atom stereocenters. The Hall–Kier alpha value is -2.61. The minimum Gasteiger partial charge on any atom is -0.468 e. The number of hydrogen-bond acceptors (Lipinski definition) is 6. The second-order valence-corrected chi connectivity index (χ2v) is 9.46. The summed E-state index contributed by atoms with van der Waals surface area (Å²) >= 11 is 1.18. The summed E-state index contributed by atoms with van der Waals surface area (Å²) in [5.41, 5.74) is 4.01. The number of thioether (sulfide) groups is 1. The predicted molar refractivity (Wildman–Crippen MR) is 126 cm³/mol. The zero-order valence-electron chi connectivity index (χ0n) is 18.4. The van der Waals surface area contributed by atoms with E-state index in [0.29, 0.717) is 12.2 Å². The smallest absolute Gasteiger partial charge is 0.323 e. The first-order valence-electron chi connectivity index (χ1n) is 10.7. The number of aliphatic hydroxyl groups is 1. The Morgan fingerprint density at radius 2 is 1.88 bits per heavy atom. The molecule has 2 heterocycles. The van der Waals surface area contributed by atoms with Crippen LogP contribution in [0.15, 0.2) is 54.6 Å². The third-order valence-corrected chi connectivity index (χ3v) is 7.23. The van der Waals surface area contributed by atoms with Gasteiger partial charge in [0.15, 0.2) is 5.12 Å². The maximum Gasteiger partial charge on any atom is 0.323 e. The molecule has 0 spiro atoms. The minimum absolute atomic E-state index is 0.00438. The fourth-order valence-electron chi connectivity index (χ4n) is 4.58. The van der Waals surface area contributed by atoms with Crippen molar-refractivity contribution in [2.75, 3.05) is 12.9 Å². The number of aromatic nitrogens is 1. The van der Waals surface area contributed by atoms with Crippen LogP contribution < -0.4 is 0 Å². The van der Waals surface area contributed by atoms with Gasteiger partial charge in [-0.15, -0.1) is 0 Å². The van der Waals surface area contributed by atoms with Crippen LogP contribution in [0.25, 0.3) is 10.9 Å². The van der Waals surface area contributed by atoms with Gasteiger partial charge in [-0.3, -0.25) is 14.5 Å². The molecule has 4 rings (SSSR count). The highest BCUT2D eigenvalue weighted by molar-refractivity contribution is 8.13. The average molecular weight is 453 g/mol. The monoisotopic (exact) mass is 452 g/mol. The number of carbonyl (C=O) groups excluding carboxylic acids is 2. The van der Waals surface area contributed by atoms with E-state index in [0.717, 1.165) is 27.7 Å². The fraction of sp³-hybridized carbons (Fsp3) is 0.360. The quantitative estimate of drug-likeness (QED) is 0.552. The highest BCUT2D eigenvalue weighted by Gasteiger charge is 2.45. The van der Waals surface area contributed by atoms with Crippen molar-refractivity contribution in [1.82, 2.24) is 9.88 Å². The molecule has 6 nitrogen and oxygen atoms in total. The molecule has 1 aliphatic rings. The van der Waals surface area contributed by atoms with Crippen molar-refractivity contribution in [3.8, 4) is 0 Å². The number of nitrogens with one attached hydrogen (secondary N) is 1. The van der Waals surface area contributed by atoms with Crippen LogP contribution in [0.4, 0.5) is 0 Å². The van der Waals surface area contributed by atoms with Crippen LogP contribution >= 0.6 is 11.8 Å². The molecule has 1 aliphatic heterocycles. The number of aliphatic hydroxyl groups excluding tert-OH is 1. The number of ether oxygens (including phenoxy) is 1. The van der Waals surface area contributed by atoms with E-state index < -0.39 is 12.3 Å².